The van der Waals surface area contributed by atoms with Crippen LogP contribution in [0.3, 0.4) is 0 Å². The van der Waals surface area contributed by atoms with Gasteiger partial charge in [0.25, 0.3) is 0 Å². The van der Waals surface area contributed by atoms with Gasteiger partial charge in [-0.2, -0.15) is 0 Å². The lowest BCUT2D eigenvalue weighted by atomic mass is 10.3. The summed E-state index contributed by atoms with van der Waals surface area (Å²) in [6, 6.07) is 2.06. The summed E-state index contributed by atoms with van der Waals surface area (Å²) in [6.45, 7) is 6.48. The molecule has 0 unspecified atom stereocenters. The summed E-state index contributed by atoms with van der Waals surface area (Å²) in [5.41, 5.74) is 2.99. The van der Waals surface area contributed by atoms with Crippen molar-refractivity contribution in [2.24, 2.45) is 0 Å². The number of aryl methyl sites for hydroxylation is 2. The molecule has 0 atom stereocenters. The maximum absolute atomic E-state index is 5.86. The first-order valence-corrected chi connectivity index (χ1v) is 7.75. The Labute approximate surface area is 125 Å². The number of unbranched alkanes of at least 4 members (excludes halogenated alkanes) is 1. The van der Waals surface area contributed by atoms with E-state index in [2.05, 4.69) is 27.5 Å². The number of pyridine rings is 1. The van der Waals surface area contributed by atoms with Crippen LogP contribution in [-0.2, 0) is 17.7 Å². The molecule has 2 aromatic rings. The van der Waals surface area contributed by atoms with Crippen LogP contribution in [0.25, 0.3) is 11.2 Å². The molecular weight excluding hydrogens is 274 g/mol. The Balaban J connectivity index is 2.13. The Kier molecular flexibility index (Phi) is 5.80. The van der Waals surface area contributed by atoms with E-state index in [-0.39, 0.29) is 0 Å². The van der Waals surface area contributed by atoms with Gasteiger partial charge in [-0.1, -0.05) is 13.3 Å². The van der Waals surface area contributed by atoms with Gasteiger partial charge in [0.1, 0.15) is 11.3 Å². The van der Waals surface area contributed by atoms with Crippen molar-refractivity contribution >= 4 is 22.8 Å². The summed E-state index contributed by atoms with van der Waals surface area (Å²) < 4.78 is 7.77. The van der Waals surface area contributed by atoms with Gasteiger partial charge in [-0.05, 0) is 25.0 Å². The number of halogens is 1. The third-order valence-electron chi connectivity index (χ3n) is 3.22. The van der Waals surface area contributed by atoms with Crippen molar-refractivity contribution in [2.75, 3.05) is 19.1 Å². The Morgan fingerprint density at radius 1 is 1.35 bits per heavy atom. The first kappa shape index (κ1) is 15.3. The molecule has 0 saturated carbocycles. The molecule has 20 heavy (non-hydrogen) atoms. The van der Waals surface area contributed by atoms with Crippen molar-refractivity contribution in [1.29, 1.82) is 0 Å². The van der Waals surface area contributed by atoms with Gasteiger partial charge in [-0.15, -0.1) is 11.6 Å². The lowest BCUT2D eigenvalue weighted by Crippen LogP contribution is -2.11. The fourth-order valence-electron chi connectivity index (χ4n) is 2.17. The summed E-state index contributed by atoms with van der Waals surface area (Å²) in [6.07, 6.45) is 4.90. The lowest BCUT2D eigenvalue weighted by molar-refractivity contribution is 0.123. The fourth-order valence-corrected chi connectivity index (χ4v) is 2.34. The monoisotopic (exact) mass is 295 g/mol. The molecule has 4 nitrogen and oxygen atoms in total. The minimum atomic E-state index is 0.568. The molecule has 0 bridgehead atoms. The largest absolute Gasteiger partial charge is 0.380 e. The number of ether oxygens (including phenoxy) is 1. The summed E-state index contributed by atoms with van der Waals surface area (Å²) in [5.74, 6) is 1.56. The van der Waals surface area contributed by atoms with Crippen LogP contribution in [-0.4, -0.2) is 33.6 Å². The van der Waals surface area contributed by atoms with Gasteiger partial charge in [-0.25, -0.2) is 9.97 Å². The molecule has 0 fully saturated rings. The Bertz CT molecular complexity index is 553. The number of aromatic nitrogens is 3. The number of rotatable bonds is 8. The maximum Gasteiger partial charge on any atom is 0.160 e. The third kappa shape index (κ3) is 3.70. The van der Waals surface area contributed by atoms with E-state index in [0.29, 0.717) is 12.5 Å². The van der Waals surface area contributed by atoms with E-state index >= 15 is 0 Å². The smallest absolute Gasteiger partial charge is 0.160 e. The van der Waals surface area contributed by atoms with Crippen LogP contribution in [0.4, 0.5) is 0 Å². The minimum Gasteiger partial charge on any atom is -0.380 e. The molecule has 0 radical (unpaired) electrons. The maximum atomic E-state index is 5.86. The van der Waals surface area contributed by atoms with Gasteiger partial charge in [0.2, 0.25) is 0 Å². The molecule has 5 heteroatoms. The molecule has 0 aliphatic rings. The van der Waals surface area contributed by atoms with Crippen molar-refractivity contribution in [1.82, 2.24) is 14.5 Å². The highest BCUT2D eigenvalue weighted by Gasteiger charge is 2.11. The molecule has 2 heterocycles. The molecule has 0 spiro atoms. The van der Waals surface area contributed by atoms with Crippen LogP contribution in [0.2, 0.25) is 0 Å². The summed E-state index contributed by atoms with van der Waals surface area (Å²) in [7, 11) is 0. The van der Waals surface area contributed by atoms with E-state index in [9.17, 15) is 0 Å². The van der Waals surface area contributed by atoms with Crippen LogP contribution in [0.5, 0.6) is 0 Å². The molecule has 0 aromatic carbocycles. The summed E-state index contributed by atoms with van der Waals surface area (Å²) in [4.78, 5) is 9.14. The lowest BCUT2D eigenvalue weighted by Gasteiger charge is -2.08. The molecule has 0 aliphatic heterocycles. The van der Waals surface area contributed by atoms with Gasteiger partial charge in [0.15, 0.2) is 5.65 Å². The molecule has 110 valence electrons. The van der Waals surface area contributed by atoms with Gasteiger partial charge < -0.3 is 9.30 Å². The Hall–Kier alpha value is -1.13. The molecular formula is C15H22ClN3O. The van der Waals surface area contributed by atoms with E-state index in [0.717, 1.165) is 55.0 Å². The number of alkyl halides is 1. The standard InChI is InChI=1S/C15H22ClN3O/c1-3-4-8-20-9-7-19-14(5-6-16)18-13-10-12(2)11-17-15(13)19/h10-11H,3-9H2,1-2H3. The predicted molar refractivity (Wildman–Crippen MR) is 82.4 cm³/mol. The molecule has 0 amide bonds. The van der Waals surface area contributed by atoms with Crippen LogP contribution in [0.15, 0.2) is 12.3 Å². The zero-order chi connectivity index (χ0) is 14.4. The second-order valence-corrected chi connectivity index (χ2v) is 5.32. The first-order chi connectivity index (χ1) is 9.76. The minimum absolute atomic E-state index is 0.568. The van der Waals surface area contributed by atoms with Gasteiger partial charge in [-0.3, -0.25) is 0 Å². The predicted octanol–water partition coefficient (Wildman–Crippen LogP) is 3.34. The summed E-state index contributed by atoms with van der Waals surface area (Å²) >= 11 is 5.86. The van der Waals surface area contributed by atoms with E-state index < -0.39 is 0 Å². The molecule has 0 N–H and O–H groups in total. The highest BCUT2D eigenvalue weighted by atomic mass is 35.5. The number of hydrogen-bond acceptors (Lipinski definition) is 3. The zero-order valence-corrected chi connectivity index (χ0v) is 13.0. The summed E-state index contributed by atoms with van der Waals surface area (Å²) in [5, 5.41) is 0. The average Bonchev–Trinajstić information content (AvgIpc) is 2.76. The average molecular weight is 296 g/mol. The van der Waals surface area contributed by atoms with E-state index in [1.807, 2.05) is 13.1 Å². The molecule has 0 saturated heterocycles. The van der Waals surface area contributed by atoms with Crippen molar-refractivity contribution in [2.45, 2.75) is 39.7 Å². The van der Waals surface area contributed by atoms with Crippen LogP contribution in [0.1, 0.15) is 31.2 Å². The van der Waals surface area contributed by atoms with Gasteiger partial charge in [0.05, 0.1) is 6.61 Å². The van der Waals surface area contributed by atoms with Gasteiger partial charge in [0, 0.05) is 31.6 Å². The highest BCUT2D eigenvalue weighted by Crippen LogP contribution is 2.16. The second kappa shape index (κ2) is 7.60. The highest BCUT2D eigenvalue weighted by molar-refractivity contribution is 6.17. The quantitative estimate of drug-likeness (QED) is 0.554. The number of hydrogen-bond donors (Lipinski definition) is 0. The van der Waals surface area contributed by atoms with Crippen molar-refractivity contribution in [3.8, 4) is 0 Å². The first-order valence-electron chi connectivity index (χ1n) is 7.21. The second-order valence-electron chi connectivity index (χ2n) is 4.94. The van der Waals surface area contributed by atoms with Crippen LogP contribution >= 0.6 is 11.6 Å². The van der Waals surface area contributed by atoms with E-state index in [1.54, 1.807) is 0 Å². The molecule has 2 rings (SSSR count). The zero-order valence-electron chi connectivity index (χ0n) is 12.2. The van der Waals surface area contributed by atoms with Crippen LogP contribution < -0.4 is 0 Å². The number of nitrogens with zero attached hydrogens (tertiary/aromatic N) is 3. The topological polar surface area (TPSA) is 39.9 Å². The fraction of sp³-hybridized carbons (Fsp3) is 0.600. The Morgan fingerprint density at radius 2 is 2.20 bits per heavy atom. The number of fused-ring (bicyclic) bond motifs is 1. The van der Waals surface area contributed by atoms with Gasteiger partial charge >= 0.3 is 0 Å². The molecule has 0 aliphatic carbocycles. The normalized spacial score (nSPS) is 11.3. The van der Waals surface area contributed by atoms with Crippen molar-refractivity contribution < 1.29 is 4.74 Å². The SMILES string of the molecule is CCCCOCCn1c(CCCl)nc2cc(C)cnc21. The van der Waals surface area contributed by atoms with Crippen molar-refractivity contribution in [3.05, 3.63) is 23.7 Å². The van der Waals surface area contributed by atoms with E-state index in [1.165, 1.54) is 0 Å². The van der Waals surface area contributed by atoms with Crippen molar-refractivity contribution in [3.63, 3.8) is 0 Å². The van der Waals surface area contributed by atoms with Crippen LogP contribution in [0, 0.1) is 6.92 Å². The Morgan fingerprint density at radius 3 is 2.95 bits per heavy atom. The van der Waals surface area contributed by atoms with E-state index in [4.69, 9.17) is 16.3 Å². The number of imidazole rings is 1. The third-order valence-corrected chi connectivity index (χ3v) is 3.41. The molecule has 2 aromatic heterocycles.